The number of carboxylic acids is 1. The van der Waals surface area contributed by atoms with Gasteiger partial charge in [-0.25, -0.2) is 4.79 Å². The van der Waals surface area contributed by atoms with Crippen LogP contribution >= 0.6 is 11.8 Å². The first-order chi connectivity index (χ1) is 9.76. The first-order valence-corrected chi connectivity index (χ1v) is 6.81. The summed E-state index contributed by atoms with van der Waals surface area (Å²) in [4.78, 5) is 21.8. The van der Waals surface area contributed by atoms with Crippen molar-refractivity contribution < 1.29 is 32.6 Å². The molecule has 0 spiro atoms. The van der Waals surface area contributed by atoms with Crippen molar-refractivity contribution in [1.82, 2.24) is 0 Å². The maximum atomic E-state index is 11.9. The summed E-state index contributed by atoms with van der Waals surface area (Å²) in [6.45, 7) is -0.529. The van der Waals surface area contributed by atoms with Gasteiger partial charge in [-0.3, -0.25) is 4.79 Å². The highest BCUT2D eigenvalue weighted by molar-refractivity contribution is 8.00. The molecule has 0 fully saturated rings. The maximum Gasteiger partial charge on any atom is 0.397 e. The van der Waals surface area contributed by atoms with Crippen LogP contribution < -0.4 is 10.1 Å². The predicted octanol–water partition coefficient (Wildman–Crippen LogP) is 2.38. The lowest BCUT2D eigenvalue weighted by atomic mass is 10.3. The number of nitrogens with one attached hydrogen (secondary N) is 1. The maximum absolute atomic E-state index is 11.9. The van der Waals surface area contributed by atoms with E-state index in [0.717, 1.165) is 0 Å². The Balaban J connectivity index is 2.45. The number of carbonyl (C=O) groups is 2. The summed E-state index contributed by atoms with van der Waals surface area (Å²) >= 11 is 0.460. The molecular formula is C12H12F3NO4S. The molecule has 0 bridgehead atoms. The van der Waals surface area contributed by atoms with Gasteiger partial charge in [-0.05, 0) is 12.1 Å². The molecule has 21 heavy (non-hydrogen) atoms. The minimum atomic E-state index is -4.31. The van der Waals surface area contributed by atoms with Crippen LogP contribution in [-0.4, -0.2) is 41.3 Å². The average molecular weight is 323 g/mol. The van der Waals surface area contributed by atoms with Gasteiger partial charge >= 0.3 is 12.1 Å². The molecule has 1 rings (SSSR count). The Morgan fingerprint density at radius 3 is 2.67 bits per heavy atom. The Labute approximate surface area is 122 Å². The number of carbonyl (C=O) groups excluding carboxylic acids is 1. The van der Waals surface area contributed by atoms with Gasteiger partial charge in [0.2, 0.25) is 5.91 Å². The summed E-state index contributed by atoms with van der Waals surface area (Å²) in [6.07, 6.45) is -4.31. The number of hydrogen-bond acceptors (Lipinski definition) is 4. The highest BCUT2D eigenvalue weighted by Gasteiger charge is 2.27. The molecule has 116 valence electrons. The van der Waals surface area contributed by atoms with Crippen LogP contribution in [0.5, 0.6) is 5.75 Å². The van der Waals surface area contributed by atoms with Gasteiger partial charge in [-0.15, -0.1) is 11.8 Å². The molecule has 1 amide bonds. The van der Waals surface area contributed by atoms with E-state index in [1.54, 1.807) is 0 Å². The number of carboxylic acid groups (broad SMARTS) is 1. The van der Waals surface area contributed by atoms with Gasteiger partial charge in [0.1, 0.15) is 5.75 Å². The number of anilines is 1. The summed E-state index contributed by atoms with van der Waals surface area (Å²) in [7, 11) is 0. The van der Waals surface area contributed by atoms with Crippen molar-refractivity contribution in [2.75, 3.05) is 23.4 Å². The van der Waals surface area contributed by atoms with Crippen LogP contribution in [0.25, 0.3) is 0 Å². The van der Waals surface area contributed by atoms with Gasteiger partial charge in [0.25, 0.3) is 0 Å². The zero-order valence-electron chi connectivity index (χ0n) is 10.6. The zero-order valence-corrected chi connectivity index (χ0v) is 11.5. The van der Waals surface area contributed by atoms with Crippen LogP contribution in [0.15, 0.2) is 24.3 Å². The minimum absolute atomic E-state index is 0.234. The third kappa shape index (κ3) is 8.08. The summed E-state index contributed by atoms with van der Waals surface area (Å²) in [5, 5.41) is 10.9. The summed E-state index contributed by atoms with van der Waals surface area (Å²) in [5.41, 5.74) is 0.315. The van der Waals surface area contributed by atoms with E-state index in [1.807, 2.05) is 0 Å². The molecule has 0 aromatic heterocycles. The summed E-state index contributed by atoms with van der Waals surface area (Å²) in [6, 6.07) is 5.92. The zero-order chi connectivity index (χ0) is 15.9. The molecule has 5 nitrogen and oxygen atoms in total. The standard InChI is InChI=1S/C12H12F3NO4S/c13-12(14,15)7-21-6-10(17)16-8-2-1-3-9(4-8)20-5-11(18)19/h1-4H,5-7H2,(H,16,17)(H,18,19). The van der Waals surface area contributed by atoms with Crippen molar-refractivity contribution in [1.29, 1.82) is 0 Å². The quantitative estimate of drug-likeness (QED) is 0.806. The average Bonchev–Trinajstić information content (AvgIpc) is 2.35. The fourth-order valence-electron chi connectivity index (χ4n) is 1.27. The fraction of sp³-hybridized carbons (Fsp3) is 0.333. The summed E-state index contributed by atoms with van der Waals surface area (Å²) in [5.74, 6) is -2.92. The van der Waals surface area contributed by atoms with Crippen LogP contribution in [0.1, 0.15) is 0 Å². The van der Waals surface area contributed by atoms with E-state index in [2.05, 4.69) is 5.32 Å². The number of halogens is 3. The molecular weight excluding hydrogens is 311 g/mol. The number of ether oxygens (including phenoxy) is 1. The first kappa shape index (κ1) is 17.2. The van der Waals surface area contributed by atoms with Gasteiger partial charge in [0, 0.05) is 11.8 Å². The van der Waals surface area contributed by atoms with Gasteiger partial charge in [-0.1, -0.05) is 6.07 Å². The second kappa shape index (κ2) is 7.77. The van der Waals surface area contributed by atoms with Gasteiger partial charge < -0.3 is 15.2 Å². The fourth-order valence-corrected chi connectivity index (χ4v) is 1.86. The molecule has 0 atom stereocenters. The number of hydrogen-bond donors (Lipinski definition) is 2. The topological polar surface area (TPSA) is 75.6 Å². The smallest absolute Gasteiger partial charge is 0.397 e. The highest BCUT2D eigenvalue weighted by atomic mass is 32.2. The number of amides is 1. The van der Waals surface area contributed by atoms with Gasteiger partial charge in [-0.2, -0.15) is 13.2 Å². The van der Waals surface area contributed by atoms with E-state index in [4.69, 9.17) is 9.84 Å². The molecule has 0 radical (unpaired) electrons. The van der Waals surface area contributed by atoms with Crippen LogP contribution in [0.4, 0.5) is 18.9 Å². The molecule has 9 heteroatoms. The van der Waals surface area contributed by atoms with E-state index < -0.39 is 30.4 Å². The minimum Gasteiger partial charge on any atom is -0.482 e. The van der Waals surface area contributed by atoms with E-state index in [0.29, 0.717) is 17.4 Å². The van der Waals surface area contributed by atoms with Crippen LogP contribution in [0.3, 0.4) is 0 Å². The van der Waals surface area contributed by atoms with Crippen molar-refractivity contribution >= 4 is 29.3 Å². The van der Waals surface area contributed by atoms with Crippen molar-refractivity contribution in [2.24, 2.45) is 0 Å². The monoisotopic (exact) mass is 323 g/mol. The van der Waals surface area contributed by atoms with Gasteiger partial charge in [0.15, 0.2) is 6.61 Å². The lowest BCUT2D eigenvalue weighted by Crippen LogP contribution is -2.18. The molecule has 1 aromatic rings. The highest BCUT2D eigenvalue weighted by Crippen LogP contribution is 2.21. The number of aliphatic carboxylic acids is 1. The van der Waals surface area contributed by atoms with Crippen molar-refractivity contribution in [3.8, 4) is 5.75 Å². The largest absolute Gasteiger partial charge is 0.482 e. The second-order valence-electron chi connectivity index (χ2n) is 3.87. The molecule has 0 heterocycles. The molecule has 2 N–H and O–H groups in total. The first-order valence-electron chi connectivity index (χ1n) is 5.65. The molecule has 0 unspecified atom stereocenters. The lowest BCUT2D eigenvalue weighted by molar-refractivity contribution is -0.139. The molecule has 0 aliphatic rings. The normalized spacial score (nSPS) is 11.0. The van der Waals surface area contributed by atoms with Gasteiger partial charge in [0.05, 0.1) is 11.5 Å². The molecule has 1 aromatic carbocycles. The summed E-state index contributed by atoms with van der Waals surface area (Å²) < 4.78 is 40.7. The lowest BCUT2D eigenvalue weighted by Gasteiger charge is -2.08. The Morgan fingerprint density at radius 2 is 2.05 bits per heavy atom. The Bertz CT molecular complexity index is 508. The van der Waals surface area contributed by atoms with Crippen molar-refractivity contribution in [2.45, 2.75) is 6.18 Å². The van der Waals surface area contributed by atoms with Crippen LogP contribution in [0, 0.1) is 0 Å². The van der Waals surface area contributed by atoms with Crippen molar-refractivity contribution in [3.05, 3.63) is 24.3 Å². The Kier molecular flexibility index (Phi) is 6.35. The predicted molar refractivity (Wildman–Crippen MR) is 71.6 cm³/mol. The second-order valence-corrected chi connectivity index (χ2v) is 4.85. The molecule has 0 aliphatic carbocycles. The molecule has 0 aliphatic heterocycles. The van der Waals surface area contributed by atoms with Crippen LogP contribution in [-0.2, 0) is 9.59 Å². The Hall–Kier alpha value is -1.90. The van der Waals surface area contributed by atoms with E-state index >= 15 is 0 Å². The molecule has 0 saturated carbocycles. The van der Waals surface area contributed by atoms with E-state index in [9.17, 15) is 22.8 Å². The van der Waals surface area contributed by atoms with E-state index in [-0.39, 0.29) is 11.5 Å². The van der Waals surface area contributed by atoms with E-state index in [1.165, 1.54) is 24.3 Å². The number of thioether (sulfide) groups is 1. The number of benzene rings is 1. The SMILES string of the molecule is O=C(O)COc1cccc(NC(=O)CSCC(F)(F)F)c1. The third-order valence-electron chi connectivity index (χ3n) is 1.98. The third-order valence-corrected chi connectivity index (χ3v) is 2.98. The molecule has 0 saturated heterocycles. The van der Waals surface area contributed by atoms with Crippen molar-refractivity contribution in [3.63, 3.8) is 0 Å². The Morgan fingerprint density at radius 1 is 1.33 bits per heavy atom. The van der Waals surface area contributed by atoms with Crippen LogP contribution in [0.2, 0.25) is 0 Å². The number of rotatable bonds is 7. The number of alkyl halides is 3.